The molecule has 8 nitrogen and oxygen atoms in total. The maximum absolute atomic E-state index is 12.6. The summed E-state index contributed by atoms with van der Waals surface area (Å²) in [5.74, 6) is 1.18. The Morgan fingerprint density at radius 3 is 2.79 bits per heavy atom. The number of methoxy groups -OCH3 is 1. The van der Waals surface area contributed by atoms with E-state index in [4.69, 9.17) is 9.84 Å². The Bertz CT molecular complexity index is 1020. The van der Waals surface area contributed by atoms with Gasteiger partial charge in [0.15, 0.2) is 0 Å². The molecule has 4 rings (SSSR count). The number of anilines is 1. The van der Waals surface area contributed by atoms with Gasteiger partial charge in [0.2, 0.25) is 0 Å². The van der Waals surface area contributed by atoms with Crippen molar-refractivity contribution in [3.8, 4) is 5.75 Å². The summed E-state index contributed by atoms with van der Waals surface area (Å²) < 4.78 is 7.48. The van der Waals surface area contributed by atoms with Crippen LogP contribution in [-0.4, -0.2) is 44.5 Å². The summed E-state index contributed by atoms with van der Waals surface area (Å²) in [7, 11) is 1.57. The van der Waals surface area contributed by atoms with E-state index in [2.05, 4.69) is 15.3 Å². The molecule has 1 aliphatic carbocycles. The van der Waals surface area contributed by atoms with E-state index in [1.54, 1.807) is 26.3 Å². The van der Waals surface area contributed by atoms with Crippen LogP contribution in [0.3, 0.4) is 0 Å². The van der Waals surface area contributed by atoms with E-state index in [0.717, 1.165) is 36.6 Å². The van der Waals surface area contributed by atoms with Crippen molar-refractivity contribution < 1.29 is 14.6 Å². The van der Waals surface area contributed by atoms with E-state index in [-0.39, 0.29) is 12.5 Å². The Kier molecular flexibility index (Phi) is 5.44. The Balaban J connectivity index is 1.59. The van der Waals surface area contributed by atoms with Gasteiger partial charge in [0.05, 0.1) is 24.4 Å². The molecule has 2 heterocycles. The second kappa shape index (κ2) is 8.16. The monoisotopic (exact) mass is 395 g/mol. The molecule has 2 aromatic heterocycles. The van der Waals surface area contributed by atoms with Gasteiger partial charge in [-0.3, -0.25) is 9.48 Å². The second-order valence-corrected chi connectivity index (χ2v) is 7.52. The van der Waals surface area contributed by atoms with Gasteiger partial charge in [0.1, 0.15) is 17.3 Å². The van der Waals surface area contributed by atoms with Crippen LogP contribution in [0.1, 0.15) is 48.0 Å². The normalized spacial score (nSPS) is 19.3. The number of aliphatic hydroxyl groups is 1. The number of nitrogens with zero attached hydrogens (tertiary/aromatic N) is 4. The maximum Gasteiger partial charge on any atom is 0.274 e. The number of fused-ring (bicyclic) bond motifs is 1. The van der Waals surface area contributed by atoms with Crippen LogP contribution in [-0.2, 0) is 0 Å². The van der Waals surface area contributed by atoms with Crippen molar-refractivity contribution in [2.75, 3.05) is 19.0 Å². The average Bonchev–Trinajstić information content (AvgIpc) is 3.16. The molecule has 0 radical (unpaired) electrons. The van der Waals surface area contributed by atoms with Crippen molar-refractivity contribution in [3.05, 3.63) is 42.1 Å². The minimum absolute atomic E-state index is 0.264. The highest BCUT2D eigenvalue weighted by atomic mass is 16.5. The lowest BCUT2D eigenvalue weighted by molar-refractivity contribution is 0.102. The number of carbonyl (C=O) groups excluding carboxylic acids is 1. The first-order chi connectivity index (χ1) is 14.1. The minimum Gasteiger partial charge on any atom is -0.494 e. The predicted molar refractivity (Wildman–Crippen MR) is 109 cm³/mol. The van der Waals surface area contributed by atoms with Gasteiger partial charge >= 0.3 is 0 Å². The van der Waals surface area contributed by atoms with Crippen molar-refractivity contribution in [2.24, 2.45) is 5.92 Å². The third-order valence-corrected chi connectivity index (χ3v) is 5.55. The fourth-order valence-corrected chi connectivity index (χ4v) is 3.89. The summed E-state index contributed by atoms with van der Waals surface area (Å²) in [6.07, 6.45) is 7.62. The second-order valence-electron chi connectivity index (χ2n) is 7.52. The predicted octanol–water partition coefficient (Wildman–Crippen LogP) is 3.12. The smallest absolute Gasteiger partial charge is 0.274 e. The van der Waals surface area contributed by atoms with Gasteiger partial charge in [-0.15, -0.1) is 0 Å². The molecule has 1 fully saturated rings. The number of hydrogen-bond acceptors (Lipinski definition) is 6. The fraction of sp³-hybridized carbons (Fsp3) is 0.429. The molecule has 8 heteroatoms. The molecule has 29 heavy (non-hydrogen) atoms. The number of carbonyl (C=O) groups is 1. The van der Waals surface area contributed by atoms with Crippen molar-refractivity contribution in [3.63, 3.8) is 0 Å². The van der Waals surface area contributed by atoms with Crippen molar-refractivity contribution in [2.45, 2.75) is 38.6 Å². The first kappa shape index (κ1) is 19.3. The third-order valence-electron chi connectivity index (χ3n) is 5.55. The first-order valence-electron chi connectivity index (χ1n) is 9.86. The minimum atomic E-state index is -0.317. The largest absolute Gasteiger partial charge is 0.494 e. The summed E-state index contributed by atoms with van der Waals surface area (Å²) in [5.41, 5.74) is 1.70. The van der Waals surface area contributed by atoms with Crippen molar-refractivity contribution in [1.29, 1.82) is 0 Å². The van der Waals surface area contributed by atoms with Crippen LogP contribution in [0.2, 0.25) is 0 Å². The zero-order valence-electron chi connectivity index (χ0n) is 16.6. The zero-order chi connectivity index (χ0) is 20.4. The van der Waals surface area contributed by atoms with E-state index in [1.165, 1.54) is 0 Å². The molecule has 0 atom stereocenters. The van der Waals surface area contributed by atoms with Crippen LogP contribution in [0.25, 0.3) is 10.9 Å². The van der Waals surface area contributed by atoms with E-state index < -0.39 is 0 Å². The number of benzene rings is 1. The van der Waals surface area contributed by atoms with Crippen LogP contribution >= 0.6 is 0 Å². The van der Waals surface area contributed by atoms with Gasteiger partial charge in [0, 0.05) is 30.5 Å². The lowest BCUT2D eigenvalue weighted by Crippen LogP contribution is -2.20. The molecule has 1 saturated carbocycles. The molecule has 2 N–H and O–H groups in total. The molecule has 3 aromatic rings. The van der Waals surface area contributed by atoms with Gasteiger partial charge in [-0.25, -0.2) is 9.97 Å². The van der Waals surface area contributed by atoms with Gasteiger partial charge in [-0.05, 0) is 50.7 Å². The quantitative estimate of drug-likeness (QED) is 0.688. The number of amides is 1. The van der Waals surface area contributed by atoms with Gasteiger partial charge < -0.3 is 15.2 Å². The molecule has 1 aliphatic rings. The molecule has 152 valence electrons. The van der Waals surface area contributed by atoms with Crippen LogP contribution in [0.4, 0.5) is 5.69 Å². The molecule has 0 spiro atoms. The van der Waals surface area contributed by atoms with Crippen LogP contribution < -0.4 is 10.1 Å². The molecule has 1 amide bonds. The highest BCUT2D eigenvalue weighted by Gasteiger charge is 2.23. The number of aryl methyl sites for hydroxylation is 1. The molecular formula is C21H25N5O3. The number of hydrogen-bond donors (Lipinski definition) is 2. The Morgan fingerprint density at radius 2 is 2.10 bits per heavy atom. The summed E-state index contributed by atoms with van der Waals surface area (Å²) in [5, 5.41) is 17.9. The molecule has 1 aromatic carbocycles. The zero-order valence-corrected chi connectivity index (χ0v) is 16.6. The third kappa shape index (κ3) is 4.07. The van der Waals surface area contributed by atoms with Gasteiger partial charge in [-0.1, -0.05) is 0 Å². The average molecular weight is 395 g/mol. The number of rotatable bonds is 5. The standard InChI is InChI=1S/C21H25N5O3/c1-13-22-8-7-17(23-13)21(28)24-19-9-15-11-26(25-18(15)10-20(19)29-2)16-5-3-14(12-27)4-6-16/h7-11,14,16,27H,3-6,12H2,1-2H3,(H,24,28). The van der Waals surface area contributed by atoms with Crippen molar-refractivity contribution in [1.82, 2.24) is 19.7 Å². The lowest BCUT2D eigenvalue weighted by atomic mass is 9.87. The molecule has 0 aliphatic heterocycles. The number of nitrogens with one attached hydrogen (secondary N) is 1. The Labute approximate surface area is 168 Å². The molecule has 0 bridgehead atoms. The van der Waals surface area contributed by atoms with E-state index in [9.17, 15) is 9.90 Å². The summed E-state index contributed by atoms with van der Waals surface area (Å²) >= 11 is 0. The summed E-state index contributed by atoms with van der Waals surface area (Å²) in [6.45, 7) is 2.01. The van der Waals surface area contributed by atoms with E-state index in [1.807, 2.05) is 23.0 Å². The molecule has 0 unspecified atom stereocenters. The van der Waals surface area contributed by atoms with E-state index in [0.29, 0.717) is 34.9 Å². The number of aliphatic hydroxyl groups excluding tert-OH is 1. The first-order valence-corrected chi connectivity index (χ1v) is 9.86. The van der Waals surface area contributed by atoms with Crippen molar-refractivity contribution >= 4 is 22.5 Å². The Hall–Kier alpha value is -3.00. The summed E-state index contributed by atoms with van der Waals surface area (Å²) in [4.78, 5) is 20.8. The maximum atomic E-state index is 12.6. The molecule has 0 saturated heterocycles. The highest BCUT2D eigenvalue weighted by Crippen LogP contribution is 2.34. The van der Waals surface area contributed by atoms with E-state index >= 15 is 0 Å². The number of aromatic nitrogens is 4. The van der Waals surface area contributed by atoms with Gasteiger partial charge in [0.25, 0.3) is 5.91 Å². The van der Waals surface area contributed by atoms with Crippen LogP contribution in [0.15, 0.2) is 30.6 Å². The van der Waals surface area contributed by atoms with Crippen LogP contribution in [0.5, 0.6) is 5.75 Å². The number of ether oxygens (including phenoxy) is 1. The fourth-order valence-electron chi connectivity index (χ4n) is 3.89. The topological polar surface area (TPSA) is 102 Å². The van der Waals surface area contributed by atoms with Crippen LogP contribution in [0, 0.1) is 12.8 Å². The van der Waals surface area contributed by atoms with Gasteiger partial charge in [-0.2, -0.15) is 5.10 Å². The highest BCUT2D eigenvalue weighted by molar-refractivity contribution is 6.05. The molecular weight excluding hydrogens is 370 g/mol. The lowest BCUT2D eigenvalue weighted by Gasteiger charge is -2.27. The SMILES string of the molecule is COc1cc2nn(C3CCC(CO)CC3)cc2cc1NC(=O)c1ccnc(C)n1. The summed E-state index contributed by atoms with van der Waals surface area (Å²) in [6, 6.07) is 5.63. The Morgan fingerprint density at radius 1 is 1.31 bits per heavy atom.